The van der Waals surface area contributed by atoms with Gasteiger partial charge in [0, 0.05) is 0 Å². The number of carbonyl (C=O) groups excluding carboxylic acids is 1. The third kappa shape index (κ3) is 4.01. The van der Waals surface area contributed by atoms with Crippen LogP contribution in [0.25, 0.3) is 0 Å². The van der Waals surface area contributed by atoms with E-state index in [2.05, 4.69) is 4.72 Å². The highest BCUT2D eigenvalue weighted by Crippen LogP contribution is 2.22. The van der Waals surface area contributed by atoms with Gasteiger partial charge < -0.3 is 14.6 Å². The maximum Gasteiger partial charge on any atom is 0.261 e. The van der Waals surface area contributed by atoms with Gasteiger partial charge in [0.05, 0.1) is 23.2 Å². The first-order valence-electron chi connectivity index (χ1n) is 6.91. The van der Waals surface area contributed by atoms with Crippen molar-refractivity contribution in [2.45, 2.75) is 18.7 Å². The van der Waals surface area contributed by atoms with Crippen LogP contribution in [0.2, 0.25) is 0 Å². The van der Waals surface area contributed by atoms with Crippen LogP contribution in [-0.4, -0.2) is 21.0 Å². The Hall–Kier alpha value is -2.54. The molecular formula is C16H16NO5S-. The monoisotopic (exact) mass is 334 g/mol. The van der Waals surface area contributed by atoms with Crippen molar-refractivity contribution in [2.24, 2.45) is 0 Å². The van der Waals surface area contributed by atoms with E-state index in [0.717, 1.165) is 0 Å². The summed E-state index contributed by atoms with van der Waals surface area (Å²) in [5, 5.41) is 10.9. The zero-order chi connectivity index (χ0) is 17.0. The molecule has 0 saturated heterocycles. The average Bonchev–Trinajstić information content (AvgIpc) is 2.50. The van der Waals surface area contributed by atoms with Gasteiger partial charge in [-0.15, -0.1) is 0 Å². The Morgan fingerprint density at radius 2 is 1.83 bits per heavy atom. The maximum absolute atomic E-state index is 12.4. The highest BCUT2D eigenvalue weighted by atomic mass is 32.2. The van der Waals surface area contributed by atoms with Gasteiger partial charge in [0.1, 0.15) is 5.75 Å². The van der Waals surface area contributed by atoms with Crippen molar-refractivity contribution in [2.75, 3.05) is 11.3 Å². The van der Waals surface area contributed by atoms with Crippen molar-refractivity contribution >= 4 is 21.7 Å². The highest BCUT2D eigenvalue weighted by Gasteiger charge is 2.15. The summed E-state index contributed by atoms with van der Waals surface area (Å²) in [5.74, 6) is -0.798. The van der Waals surface area contributed by atoms with Gasteiger partial charge in [0.15, 0.2) is 0 Å². The molecule has 2 aromatic rings. The summed E-state index contributed by atoms with van der Waals surface area (Å²) in [6.45, 7) is 3.99. The molecule has 0 aromatic heterocycles. The average molecular weight is 334 g/mol. The highest BCUT2D eigenvalue weighted by molar-refractivity contribution is 7.92. The fraction of sp³-hybridized carbons (Fsp3) is 0.188. The molecule has 0 fully saturated rings. The molecule has 0 atom stereocenters. The summed E-state index contributed by atoms with van der Waals surface area (Å²) in [4.78, 5) is 11.0. The smallest absolute Gasteiger partial charge is 0.261 e. The molecule has 0 aliphatic carbocycles. The minimum Gasteiger partial charge on any atom is -0.545 e. The number of ether oxygens (including phenoxy) is 1. The standard InChI is InChI=1S/C16H17NO5S/c1-3-22-13-6-8-14(9-7-13)23(20,21)17-15-10-12(16(18)19)5-4-11(15)2/h4-10,17H,3H2,1-2H3,(H,18,19)/p-1. The first kappa shape index (κ1) is 16.8. The zero-order valence-corrected chi connectivity index (χ0v) is 13.5. The molecule has 2 rings (SSSR count). The Bertz CT molecular complexity index is 813. The molecule has 0 bridgehead atoms. The summed E-state index contributed by atoms with van der Waals surface area (Å²) in [6, 6.07) is 10.1. The lowest BCUT2D eigenvalue weighted by atomic mass is 10.1. The van der Waals surface area contributed by atoms with E-state index in [1.165, 1.54) is 30.3 Å². The molecular weight excluding hydrogens is 318 g/mol. The lowest BCUT2D eigenvalue weighted by Gasteiger charge is -2.13. The molecule has 6 nitrogen and oxygen atoms in total. The first-order valence-corrected chi connectivity index (χ1v) is 8.39. The third-order valence-electron chi connectivity index (χ3n) is 3.16. The molecule has 0 aliphatic rings. The van der Waals surface area contributed by atoms with Crippen LogP contribution >= 0.6 is 0 Å². The fourth-order valence-electron chi connectivity index (χ4n) is 1.94. The van der Waals surface area contributed by atoms with Crippen molar-refractivity contribution in [3.8, 4) is 5.75 Å². The topological polar surface area (TPSA) is 95.5 Å². The van der Waals surface area contributed by atoms with Crippen molar-refractivity contribution in [1.29, 1.82) is 0 Å². The molecule has 122 valence electrons. The van der Waals surface area contributed by atoms with E-state index in [1.807, 2.05) is 6.92 Å². The molecule has 0 heterocycles. The quantitative estimate of drug-likeness (QED) is 0.865. The lowest BCUT2D eigenvalue weighted by molar-refractivity contribution is -0.255. The lowest BCUT2D eigenvalue weighted by Crippen LogP contribution is -2.22. The Morgan fingerprint density at radius 1 is 1.17 bits per heavy atom. The van der Waals surface area contributed by atoms with E-state index < -0.39 is 16.0 Å². The molecule has 7 heteroatoms. The van der Waals surface area contributed by atoms with Gasteiger partial charge >= 0.3 is 0 Å². The summed E-state index contributed by atoms with van der Waals surface area (Å²) < 4.78 is 32.4. The predicted molar refractivity (Wildman–Crippen MR) is 83.9 cm³/mol. The summed E-state index contributed by atoms with van der Waals surface area (Å²) in [6.07, 6.45) is 0. The molecule has 0 aliphatic heterocycles. The predicted octanol–water partition coefficient (Wildman–Crippen LogP) is 1.56. The Labute approximate surface area is 134 Å². The molecule has 0 amide bonds. The van der Waals surface area contributed by atoms with Crippen molar-refractivity contribution in [3.63, 3.8) is 0 Å². The number of sulfonamides is 1. The van der Waals surface area contributed by atoms with Crippen LogP contribution in [0.4, 0.5) is 5.69 Å². The molecule has 0 radical (unpaired) electrons. The number of nitrogens with one attached hydrogen (secondary N) is 1. The second kappa shape index (κ2) is 6.70. The number of hydrogen-bond donors (Lipinski definition) is 1. The van der Waals surface area contributed by atoms with Crippen LogP contribution in [0, 0.1) is 6.92 Å². The Kier molecular flexibility index (Phi) is 4.90. The third-order valence-corrected chi connectivity index (χ3v) is 4.54. The summed E-state index contributed by atoms with van der Waals surface area (Å²) >= 11 is 0. The van der Waals surface area contributed by atoms with Gasteiger partial charge in [-0.1, -0.05) is 12.1 Å². The van der Waals surface area contributed by atoms with E-state index in [4.69, 9.17) is 4.74 Å². The van der Waals surface area contributed by atoms with Crippen LogP contribution in [0.1, 0.15) is 22.8 Å². The minimum absolute atomic E-state index is 0.0548. The fourth-order valence-corrected chi connectivity index (χ4v) is 3.07. The number of benzene rings is 2. The number of carboxylic acids is 1. The maximum atomic E-state index is 12.4. The largest absolute Gasteiger partial charge is 0.545 e. The van der Waals surface area contributed by atoms with Crippen molar-refractivity contribution in [1.82, 2.24) is 0 Å². The van der Waals surface area contributed by atoms with Gasteiger partial charge in [-0.2, -0.15) is 0 Å². The molecule has 0 saturated carbocycles. The second-order valence-corrected chi connectivity index (χ2v) is 6.51. The number of hydrogen-bond acceptors (Lipinski definition) is 5. The number of aryl methyl sites for hydroxylation is 1. The van der Waals surface area contributed by atoms with Gasteiger partial charge in [-0.3, -0.25) is 4.72 Å². The number of carboxylic acid groups (broad SMARTS) is 1. The van der Waals surface area contributed by atoms with Crippen LogP contribution in [0.5, 0.6) is 5.75 Å². The molecule has 2 aromatic carbocycles. The van der Waals surface area contributed by atoms with Gasteiger partial charge in [0.2, 0.25) is 0 Å². The normalized spacial score (nSPS) is 11.0. The van der Waals surface area contributed by atoms with Gasteiger partial charge in [-0.05, 0) is 55.3 Å². The van der Waals surface area contributed by atoms with Crippen LogP contribution in [0.3, 0.4) is 0 Å². The van der Waals surface area contributed by atoms with E-state index in [9.17, 15) is 18.3 Å². The van der Waals surface area contributed by atoms with Crippen LogP contribution in [0.15, 0.2) is 47.4 Å². The second-order valence-electron chi connectivity index (χ2n) is 4.83. The number of aromatic carboxylic acids is 1. The number of rotatable bonds is 6. The van der Waals surface area contributed by atoms with E-state index in [-0.39, 0.29) is 16.1 Å². The number of carbonyl (C=O) groups is 1. The summed E-state index contributed by atoms with van der Waals surface area (Å²) in [5.41, 5.74) is 0.699. The van der Waals surface area contributed by atoms with Gasteiger partial charge in [-0.25, -0.2) is 8.42 Å². The van der Waals surface area contributed by atoms with E-state index >= 15 is 0 Å². The minimum atomic E-state index is -3.83. The van der Waals surface area contributed by atoms with E-state index in [0.29, 0.717) is 17.9 Å². The first-order chi connectivity index (χ1) is 10.8. The Balaban J connectivity index is 2.30. The van der Waals surface area contributed by atoms with Crippen molar-refractivity contribution < 1.29 is 23.1 Å². The Morgan fingerprint density at radius 3 is 2.39 bits per heavy atom. The number of anilines is 1. The zero-order valence-electron chi connectivity index (χ0n) is 12.7. The van der Waals surface area contributed by atoms with Crippen molar-refractivity contribution in [3.05, 3.63) is 53.6 Å². The van der Waals surface area contributed by atoms with E-state index in [1.54, 1.807) is 19.1 Å². The molecule has 0 unspecified atom stereocenters. The summed E-state index contributed by atoms with van der Waals surface area (Å²) in [7, 11) is -3.83. The van der Waals surface area contributed by atoms with Crippen LogP contribution in [-0.2, 0) is 10.0 Å². The SMILES string of the molecule is CCOc1ccc(S(=O)(=O)Nc2cc(C(=O)[O-])ccc2C)cc1. The van der Waals surface area contributed by atoms with Gasteiger partial charge in [0.25, 0.3) is 10.0 Å². The molecule has 1 N–H and O–H groups in total. The molecule has 0 spiro atoms. The van der Waals surface area contributed by atoms with Crippen LogP contribution < -0.4 is 14.6 Å². The molecule has 23 heavy (non-hydrogen) atoms.